The summed E-state index contributed by atoms with van der Waals surface area (Å²) in [6.07, 6.45) is 3.51. The zero-order valence-corrected chi connectivity index (χ0v) is 18.1. The predicted molar refractivity (Wildman–Crippen MR) is 129 cm³/mol. The average molecular weight is 427 g/mol. The van der Waals surface area contributed by atoms with E-state index in [0.717, 1.165) is 32.5 Å². The number of amidine groups is 1. The lowest BCUT2D eigenvalue weighted by molar-refractivity contribution is 0.0977. The molecule has 5 nitrogen and oxygen atoms in total. The van der Waals surface area contributed by atoms with Crippen LogP contribution in [-0.4, -0.2) is 23.8 Å². The highest BCUT2D eigenvalue weighted by molar-refractivity contribution is 7.13. The summed E-state index contributed by atoms with van der Waals surface area (Å²) in [5.41, 5.74) is 11.1. The van der Waals surface area contributed by atoms with Gasteiger partial charge in [-0.15, -0.1) is 11.3 Å². The predicted octanol–water partition coefficient (Wildman–Crippen LogP) is 5.03. The first-order chi connectivity index (χ1) is 15.0. The van der Waals surface area contributed by atoms with E-state index in [2.05, 4.69) is 27.4 Å². The number of thiophene rings is 1. The molecule has 0 unspecified atom stereocenters. The van der Waals surface area contributed by atoms with Gasteiger partial charge in [-0.05, 0) is 42.1 Å². The van der Waals surface area contributed by atoms with Crippen molar-refractivity contribution in [2.24, 2.45) is 10.7 Å². The van der Waals surface area contributed by atoms with Crippen molar-refractivity contribution >= 4 is 39.7 Å². The summed E-state index contributed by atoms with van der Waals surface area (Å²) >= 11 is 1.67. The number of carbonyl (C=O) groups excluding carboxylic acids is 1. The van der Waals surface area contributed by atoms with Crippen molar-refractivity contribution in [2.75, 3.05) is 7.05 Å². The summed E-state index contributed by atoms with van der Waals surface area (Å²) in [5, 5.41) is 5.85. The summed E-state index contributed by atoms with van der Waals surface area (Å²) in [7, 11) is 1.62. The number of aromatic nitrogens is 1. The molecule has 4 aromatic rings. The number of nitrogens with two attached hydrogens (primary N) is 1. The first-order valence-corrected chi connectivity index (χ1v) is 10.7. The minimum atomic E-state index is -0.263. The average Bonchev–Trinajstić information content (AvgIpc) is 3.33. The largest absolute Gasteiger partial charge is 0.398 e. The standard InChI is InChI=1S/C25H22N4OS/c1-16-6-3-4-7-20(16)21(26)14-24(27-2)29-25(30)18-10-9-17-12-19(15-28-22(17)13-18)23-8-5-11-31-23/h3-15H,26H2,1-2H3,(H,27,29,30)/b21-14-. The molecule has 3 N–H and O–H groups in total. The second-order valence-electron chi connectivity index (χ2n) is 7.09. The maximum Gasteiger partial charge on any atom is 0.256 e. The number of fused-ring (bicyclic) bond motifs is 1. The molecule has 0 aliphatic heterocycles. The SMILES string of the molecule is CN=C(/C=C(\N)c1ccccc1C)NC(=O)c1ccc2cc(-c3cccs3)cnc2c1. The van der Waals surface area contributed by atoms with Crippen LogP contribution in [0.2, 0.25) is 0 Å². The third kappa shape index (κ3) is 4.54. The van der Waals surface area contributed by atoms with Crippen LogP contribution in [0, 0.1) is 6.92 Å². The first kappa shape index (κ1) is 20.5. The number of aryl methyl sites for hydroxylation is 1. The monoisotopic (exact) mass is 426 g/mol. The number of hydrogen-bond donors (Lipinski definition) is 2. The van der Waals surface area contributed by atoms with E-state index < -0.39 is 0 Å². The van der Waals surface area contributed by atoms with Crippen LogP contribution in [0.5, 0.6) is 0 Å². The van der Waals surface area contributed by atoms with Crippen molar-refractivity contribution in [3.8, 4) is 10.4 Å². The topological polar surface area (TPSA) is 80.4 Å². The van der Waals surface area contributed by atoms with Gasteiger partial charge in [0.15, 0.2) is 0 Å². The zero-order valence-electron chi connectivity index (χ0n) is 17.3. The van der Waals surface area contributed by atoms with E-state index >= 15 is 0 Å². The molecule has 0 atom stereocenters. The molecule has 6 heteroatoms. The van der Waals surface area contributed by atoms with Crippen LogP contribution in [0.4, 0.5) is 0 Å². The van der Waals surface area contributed by atoms with Crippen LogP contribution in [0.3, 0.4) is 0 Å². The Morgan fingerprint density at radius 1 is 1.13 bits per heavy atom. The number of nitrogens with zero attached hydrogens (tertiary/aromatic N) is 2. The van der Waals surface area contributed by atoms with Gasteiger partial charge < -0.3 is 11.1 Å². The van der Waals surface area contributed by atoms with Crippen molar-refractivity contribution in [3.05, 3.63) is 95.0 Å². The molecular formula is C25H22N4OS. The van der Waals surface area contributed by atoms with Crippen molar-refractivity contribution < 1.29 is 4.79 Å². The number of benzene rings is 2. The third-order valence-electron chi connectivity index (χ3n) is 4.98. The smallest absolute Gasteiger partial charge is 0.256 e. The number of rotatable bonds is 4. The van der Waals surface area contributed by atoms with Gasteiger partial charge in [0, 0.05) is 52.0 Å². The highest BCUT2D eigenvalue weighted by Gasteiger charge is 2.11. The van der Waals surface area contributed by atoms with Gasteiger partial charge in [0.1, 0.15) is 5.84 Å². The van der Waals surface area contributed by atoms with Crippen molar-refractivity contribution in [3.63, 3.8) is 0 Å². The molecule has 4 rings (SSSR count). The van der Waals surface area contributed by atoms with E-state index in [-0.39, 0.29) is 5.91 Å². The number of nitrogens with one attached hydrogen (secondary N) is 1. The van der Waals surface area contributed by atoms with Crippen molar-refractivity contribution in [1.82, 2.24) is 10.3 Å². The second-order valence-corrected chi connectivity index (χ2v) is 8.03. The summed E-state index contributed by atoms with van der Waals surface area (Å²) in [6, 6.07) is 19.5. The molecule has 1 amide bonds. The molecule has 2 heterocycles. The number of amides is 1. The Morgan fingerprint density at radius 3 is 2.71 bits per heavy atom. The molecule has 0 fully saturated rings. The van der Waals surface area contributed by atoms with E-state index in [1.54, 1.807) is 36.6 Å². The number of hydrogen-bond acceptors (Lipinski definition) is 5. The summed E-state index contributed by atoms with van der Waals surface area (Å²) in [5.74, 6) is 0.132. The van der Waals surface area contributed by atoms with E-state index in [4.69, 9.17) is 5.73 Å². The minimum absolute atomic E-state index is 0.263. The molecular weight excluding hydrogens is 404 g/mol. The number of carbonyl (C=O) groups is 1. The number of aliphatic imine (C=N–C) groups is 1. The molecule has 0 aliphatic carbocycles. The normalized spacial score (nSPS) is 12.2. The van der Waals surface area contributed by atoms with Gasteiger partial charge in [-0.1, -0.05) is 36.4 Å². The summed E-state index contributed by atoms with van der Waals surface area (Å²) in [6.45, 7) is 1.99. The molecule has 31 heavy (non-hydrogen) atoms. The Kier molecular flexibility index (Phi) is 5.91. The van der Waals surface area contributed by atoms with Crippen LogP contribution in [0.1, 0.15) is 21.5 Å². The van der Waals surface area contributed by atoms with Gasteiger partial charge in [0.25, 0.3) is 5.91 Å². The third-order valence-corrected chi connectivity index (χ3v) is 5.90. The number of pyridine rings is 1. The lowest BCUT2D eigenvalue weighted by Crippen LogP contribution is -2.29. The maximum absolute atomic E-state index is 12.8. The van der Waals surface area contributed by atoms with Crippen molar-refractivity contribution in [1.29, 1.82) is 0 Å². The summed E-state index contributed by atoms with van der Waals surface area (Å²) < 4.78 is 0. The molecule has 0 saturated heterocycles. The quantitative estimate of drug-likeness (QED) is 0.355. The Balaban J connectivity index is 1.55. The van der Waals surface area contributed by atoms with E-state index in [9.17, 15) is 4.79 Å². The first-order valence-electron chi connectivity index (χ1n) is 9.80. The molecule has 2 aromatic heterocycles. The van der Waals surface area contributed by atoms with Gasteiger partial charge >= 0.3 is 0 Å². The fourth-order valence-corrected chi connectivity index (χ4v) is 4.02. The fourth-order valence-electron chi connectivity index (χ4n) is 3.31. The highest BCUT2D eigenvalue weighted by Crippen LogP contribution is 2.27. The Labute approximate surface area is 185 Å². The van der Waals surface area contributed by atoms with Gasteiger partial charge in [0.05, 0.1) is 5.52 Å². The van der Waals surface area contributed by atoms with Crippen LogP contribution >= 0.6 is 11.3 Å². The fraction of sp³-hybridized carbons (Fsp3) is 0.0800. The molecule has 0 spiro atoms. The Bertz CT molecular complexity index is 1310. The lowest BCUT2D eigenvalue weighted by atomic mass is 10.1. The zero-order chi connectivity index (χ0) is 21.8. The molecule has 0 saturated carbocycles. The molecule has 154 valence electrons. The maximum atomic E-state index is 12.8. The van der Waals surface area contributed by atoms with Crippen LogP contribution in [-0.2, 0) is 0 Å². The van der Waals surface area contributed by atoms with Crippen molar-refractivity contribution in [2.45, 2.75) is 6.92 Å². The second kappa shape index (κ2) is 8.93. The van der Waals surface area contributed by atoms with Gasteiger partial charge in [0.2, 0.25) is 0 Å². The van der Waals surface area contributed by atoms with E-state index in [0.29, 0.717) is 17.1 Å². The van der Waals surface area contributed by atoms with Gasteiger partial charge in [-0.3, -0.25) is 14.8 Å². The van der Waals surface area contributed by atoms with Crippen LogP contribution in [0.25, 0.3) is 27.0 Å². The Morgan fingerprint density at radius 2 is 1.97 bits per heavy atom. The van der Waals surface area contributed by atoms with Gasteiger partial charge in [-0.2, -0.15) is 0 Å². The van der Waals surface area contributed by atoms with Crippen LogP contribution < -0.4 is 11.1 Å². The lowest BCUT2D eigenvalue weighted by Gasteiger charge is -2.09. The van der Waals surface area contributed by atoms with E-state index in [1.807, 2.05) is 54.9 Å². The minimum Gasteiger partial charge on any atom is -0.398 e. The van der Waals surface area contributed by atoms with Crippen LogP contribution in [0.15, 0.2) is 83.3 Å². The Hall–Kier alpha value is -3.77. The molecule has 0 bridgehead atoms. The van der Waals surface area contributed by atoms with Gasteiger partial charge in [-0.25, -0.2) is 0 Å². The highest BCUT2D eigenvalue weighted by atomic mass is 32.1. The molecule has 0 radical (unpaired) electrons. The summed E-state index contributed by atoms with van der Waals surface area (Å²) in [4.78, 5) is 22.7. The molecule has 2 aromatic carbocycles. The van der Waals surface area contributed by atoms with E-state index in [1.165, 1.54) is 0 Å². The molecule has 0 aliphatic rings.